The van der Waals surface area contributed by atoms with Gasteiger partial charge in [-0.3, -0.25) is 4.79 Å². The van der Waals surface area contributed by atoms with Crippen molar-refractivity contribution in [1.82, 2.24) is 4.57 Å². The molecule has 0 fully saturated rings. The first-order chi connectivity index (χ1) is 7.06. The Kier molecular flexibility index (Phi) is 3.28. The van der Waals surface area contributed by atoms with Gasteiger partial charge in [0.05, 0.1) is 0 Å². The molecule has 80 valence electrons. The molecule has 0 bridgehead atoms. The zero-order valence-electron chi connectivity index (χ0n) is 8.27. The minimum absolute atomic E-state index is 0.0426. The van der Waals surface area contributed by atoms with Gasteiger partial charge in [-0.1, -0.05) is 12.7 Å². The van der Waals surface area contributed by atoms with Crippen LogP contribution in [0.2, 0.25) is 0 Å². The van der Waals surface area contributed by atoms with Gasteiger partial charge in [0.1, 0.15) is 17.9 Å². The molecule has 1 aromatic rings. The van der Waals surface area contributed by atoms with E-state index in [4.69, 9.17) is 9.84 Å². The highest BCUT2D eigenvalue weighted by Gasteiger charge is 2.12. The first-order valence-electron chi connectivity index (χ1n) is 4.24. The number of aromatic nitrogens is 1. The number of pyridine rings is 1. The summed E-state index contributed by atoms with van der Waals surface area (Å²) in [4.78, 5) is 22.1. The lowest BCUT2D eigenvalue weighted by atomic mass is 10.2. The lowest BCUT2D eigenvalue weighted by Gasteiger charge is -2.07. The Balaban J connectivity index is 3.21. The molecule has 1 aromatic heterocycles. The average Bonchev–Trinajstić information content (AvgIpc) is 2.19. The van der Waals surface area contributed by atoms with Crippen LogP contribution in [0.15, 0.2) is 29.7 Å². The molecule has 0 aliphatic heterocycles. The molecule has 0 aliphatic carbocycles. The van der Waals surface area contributed by atoms with Crippen LogP contribution in [-0.4, -0.2) is 22.2 Å². The van der Waals surface area contributed by atoms with Crippen molar-refractivity contribution in [3.05, 3.63) is 40.8 Å². The summed E-state index contributed by atoms with van der Waals surface area (Å²) in [6.07, 6.45) is 2.70. The maximum Gasteiger partial charge on any atom is 0.340 e. The molecular weight excluding hydrogens is 198 g/mol. The molecule has 0 unspecified atom stereocenters. The van der Waals surface area contributed by atoms with Gasteiger partial charge in [-0.25, -0.2) is 4.79 Å². The molecule has 0 radical (unpaired) electrons. The van der Waals surface area contributed by atoms with Crippen molar-refractivity contribution in [3.8, 4) is 5.75 Å². The van der Waals surface area contributed by atoms with Crippen molar-refractivity contribution >= 4 is 5.97 Å². The zero-order chi connectivity index (χ0) is 11.4. The van der Waals surface area contributed by atoms with Gasteiger partial charge < -0.3 is 14.4 Å². The van der Waals surface area contributed by atoms with Crippen molar-refractivity contribution in [2.45, 2.75) is 0 Å². The van der Waals surface area contributed by atoms with Crippen molar-refractivity contribution in [3.63, 3.8) is 0 Å². The quantitative estimate of drug-likeness (QED) is 0.739. The highest BCUT2D eigenvalue weighted by atomic mass is 16.5. The maximum atomic E-state index is 11.2. The van der Waals surface area contributed by atoms with Crippen LogP contribution in [0.4, 0.5) is 0 Å². The van der Waals surface area contributed by atoms with Crippen molar-refractivity contribution < 1.29 is 14.6 Å². The fraction of sp³-hybridized carbons (Fsp3) is 0.200. The molecule has 15 heavy (non-hydrogen) atoms. The first kappa shape index (κ1) is 11.0. The number of carbonyl (C=O) groups is 1. The summed E-state index contributed by atoms with van der Waals surface area (Å²) in [6.45, 7) is 3.59. The highest BCUT2D eigenvalue weighted by Crippen LogP contribution is 2.15. The third kappa shape index (κ3) is 2.46. The number of carboxylic acid groups (broad SMARTS) is 1. The van der Waals surface area contributed by atoms with Crippen LogP contribution in [0.1, 0.15) is 10.4 Å². The van der Waals surface area contributed by atoms with E-state index in [1.54, 1.807) is 0 Å². The summed E-state index contributed by atoms with van der Waals surface area (Å²) in [6, 6.07) is 1.15. The Morgan fingerprint density at radius 1 is 1.73 bits per heavy atom. The first-order valence-corrected chi connectivity index (χ1v) is 4.24. The summed E-state index contributed by atoms with van der Waals surface area (Å²) >= 11 is 0. The number of nitrogens with zero attached hydrogens (tertiary/aromatic N) is 1. The Morgan fingerprint density at radius 3 is 2.93 bits per heavy atom. The smallest absolute Gasteiger partial charge is 0.340 e. The molecule has 0 saturated heterocycles. The minimum atomic E-state index is -1.13. The standard InChI is InChI=1S/C10H11NO4/c1-3-4-15-8-5-9(12)11(2)6-7(8)10(13)14/h3,5-6H,1,4H2,2H3,(H,13,14). The Morgan fingerprint density at radius 2 is 2.40 bits per heavy atom. The summed E-state index contributed by atoms with van der Waals surface area (Å²) in [5, 5.41) is 8.86. The molecule has 0 aliphatic rings. The lowest BCUT2D eigenvalue weighted by molar-refractivity contribution is 0.0691. The lowest BCUT2D eigenvalue weighted by Crippen LogP contribution is -2.18. The minimum Gasteiger partial charge on any atom is -0.488 e. The molecule has 0 amide bonds. The molecule has 0 spiro atoms. The molecule has 1 rings (SSSR count). The van der Waals surface area contributed by atoms with E-state index < -0.39 is 5.97 Å². The van der Waals surface area contributed by atoms with Crippen LogP contribution in [-0.2, 0) is 7.05 Å². The Hall–Kier alpha value is -2.04. The average molecular weight is 209 g/mol. The number of rotatable bonds is 4. The van der Waals surface area contributed by atoms with Gasteiger partial charge in [0.15, 0.2) is 0 Å². The highest BCUT2D eigenvalue weighted by molar-refractivity contribution is 5.90. The van der Waals surface area contributed by atoms with Gasteiger partial charge in [0, 0.05) is 19.3 Å². The molecular formula is C10H11NO4. The third-order valence-electron chi connectivity index (χ3n) is 1.78. The van der Waals surface area contributed by atoms with Gasteiger partial charge in [-0.05, 0) is 0 Å². The monoisotopic (exact) mass is 209 g/mol. The predicted octanol–water partition coefficient (Wildman–Crippen LogP) is 0.648. The molecule has 1 heterocycles. The van der Waals surface area contributed by atoms with Crippen molar-refractivity contribution in [2.75, 3.05) is 6.61 Å². The Labute approximate surface area is 86.2 Å². The summed E-state index contributed by atoms with van der Waals surface area (Å²) in [7, 11) is 1.48. The van der Waals surface area contributed by atoms with Gasteiger partial charge in [-0.15, -0.1) is 0 Å². The molecule has 0 atom stereocenters. The summed E-state index contributed by atoms with van der Waals surface area (Å²) in [5.74, 6) is -1.07. The van der Waals surface area contributed by atoms with E-state index in [0.29, 0.717) is 0 Å². The predicted molar refractivity (Wildman–Crippen MR) is 54.3 cm³/mol. The number of carboxylic acids is 1. The number of aromatic carboxylic acids is 1. The maximum absolute atomic E-state index is 11.2. The second kappa shape index (κ2) is 4.45. The van der Waals surface area contributed by atoms with Crippen LogP contribution >= 0.6 is 0 Å². The van der Waals surface area contributed by atoms with E-state index in [1.165, 1.54) is 23.9 Å². The third-order valence-corrected chi connectivity index (χ3v) is 1.78. The molecule has 0 aromatic carbocycles. The molecule has 0 saturated carbocycles. The van der Waals surface area contributed by atoms with Gasteiger partial charge >= 0.3 is 5.97 Å². The number of ether oxygens (including phenoxy) is 1. The second-order valence-electron chi connectivity index (χ2n) is 2.91. The van der Waals surface area contributed by atoms with Crippen LogP contribution in [0.25, 0.3) is 0 Å². The molecule has 5 nitrogen and oxygen atoms in total. The fourth-order valence-electron chi connectivity index (χ4n) is 1.04. The number of aryl methyl sites for hydroxylation is 1. The second-order valence-corrected chi connectivity index (χ2v) is 2.91. The van der Waals surface area contributed by atoms with E-state index in [2.05, 4.69) is 6.58 Å². The molecule has 5 heteroatoms. The molecule has 1 N–H and O–H groups in total. The van der Waals surface area contributed by atoms with Gasteiger partial charge in [0.2, 0.25) is 0 Å². The SMILES string of the molecule is C=CCOc1cc(=O)n(C)cc1C(=O)O. The normalized spacial score (nSPS) is 9.67. The van der Waals surface area contributed by atoms with Crippen LogP contribution in [0, 0.1) is 0 Å². The van der Waals surface area contributed by atoms with E-state index in [1.807, 2.05) is 0 Å². The van der Waals surface area contributed by atoms with Crippen LogP contribution in [0.5, 0.6) is 5.75 Å². The zero-order valence-corrected chi connectivity index (χ0v) is 8.27. The summed E-state index contributed by atoms with van der Waals surface area (Å²) < 4.78 is 6.26. The van der Waals surface area contributed by atoms with Crippen LogP contribution in [0.3, 0.4) is 0 Å². The van der Waals surface area contributed by atoms with E-state index in [9.17, 15) is 9.59 Å². The summed E-state index contributed by atoms with van der Waals surface area (Å²) in [5.41, 5.74) is -0.363. The topological polar surface area (TPSA) is 68.5 Å². The van der Waals surface area contributed by atoms with Gasteiger partial charge in [-0.2, -0.15) is 0 Å². The van der Waals surface area contributed by atoms with Crippen molar-refractivity contribution in [1.29, 1.82) is 0 Å². The van der Waals surface area contributed by atoms with E-state index >= 15 is 0 Å². The Bertz CT molecular complexity index is 447. The largest absolute Gasteiger partial charge is 0.488 e. The van der Waals surface area contributed by atoms with Crippen LogP contribution < -0.4 is 10.3 Å². The number of hydrogen-bond donors (Lipinski definition) is 1. The van der Waals surface area contributed by atoms with Crippen molar-refractivity contribution in [2.24, 2.45) is 7.05 Å². The van der Waals surface area contributed by atoms with E-state index in [-0.39, 0.29) is 23.5 Å². The fourth-order valence-corrected chi connectivity index (χ4v) is 1.04. The number of hydrogen-bond acceptors (Lipinski definition) is 3. The van der Waals surface area contributed by atoms with E-state index in [0.717, 1.165) is 6.07 Å². The van der Waals surface area contributed by atoms with Gasteiger partial charge in [0.25, 0.3) is 5.56 Å².